The molecule has 0 amide bonds. The molecule has 1 aliphatic rings. The Morgan fingerprint density at radius 2 is 1.91 bits per heavy atom. The minimum Gasteiger partial charge on any atom is -0.406 e. The first-order valence-electron chi connectivity index (χ1n) is 10.4. The molecule has 0 radical (unpaired) electrons. The van der Waals surface area contributed by atoms with Crippen LogP contribution in [0.1, 0.15) is 18.4 Å². The van der Waals surface area contributed by atoms with Crippen molar-refractivity contribution in [1.29, 1.82) is 5.26 Å². The van der Waals surface area contributed by atoms with Crippen molar-refractivity contribution in [2.75, 3.05) is 23.3 Å². The highest BCUT2D eigenvalue weighted by atomic mass is 19.4. The van der Waals surface area contributed by atoms with Crippen molar-refractivity contribution in [2.24, 2.45) is 5.92 Å². The topological polar surface area (TPSA) is 87.0 Å². The number of alkyl halides is 3. The summed E-state index contributed by atoms with van der Waals surface area (Å²) in [4.78, 5) is 15.0. The minimum absolute atomic E-state index is 0.0361. The summed E-state index contributed by atoms with van der Waals surface area (Å²) in [5.74, 6) is 0.468. The van der Waals surface area contributed by atoms with Gasteiger partial charge in [0, 0.05) is 55.0 Å². The Hall–Kier alpha value is -3.87. The molecule has 1 saturated heterocycles. The molecular weight excluding hydrogens is 433 g/mol. The quantitative estimate of drug-likeness (QED) is 0.573. The van der Waals surface area contributed by atoms with Crippen molar-refractivity contribution in [3.05, 3.63) is 60.8 Å². The molecule has 1 unspecified atom stereocenters. The Bertz CT molecular complexity index is 1120. The van der Waals surface area contributed by atoms with Gasteiger partial charge in [-0.15, -0.1) is 13.2 Å². The molecule has 10 heteroatoms. The average molecular weight is 454 g/mol. The lowest BCUT2D eigenvalue weighted by molar-refractivity contribution is -0.274. The number of nitrogens with zero attached hydrogens (tertiary/aromatic N) is 5. The number of hydrogen-bond acceptors (Lipinski definition) is 7. The molecule has 1 atom stereocenters. The van der Waals surface area contributed by atoms with Crippen LogP contribution < -0.4 is 15.0 Å². The molecule has 7 nitrogen and oxygen atoms in total. The summed E-state index contributed by atoms with van der Waals surface area (Å²) in [5.41, 5.74) is 3.20. The molecule has 3 heterocycles. The van der Waals surface area contributed by atoms with Gasteiger partial charge in [0.05, 0.1) is 12.0 Å². The fourth-order valence-corrected chi connectivity index (χ4v) is 3.75. The summed E-state index contributed by atoms with van der Waals surface area (Å²) in [7, 11) is 0. The second kappa shape index (κ2) is 9.73. The van der Waals surface area contributed by atoms with Crippen molar-refractivity contribution < 1.29 is 17.9 Å². The molecule has 0 saturated carbocycles. The van der Waals surface area contributed by atoms with Gasteiger partial charge in [0.15, 0.2) is 0 Å². The molecular formula is C23H21F3N6O. The molecule has 170 valence electrons. The smallest absolute Gasteiger partial charge is 0.406 e. The van der Waals surface area contributed by atoms with E-state index in [-0.39, 0.29) is 11.7 Å². The van der Waals surface area contributed by atoms with Gasteiger partial charge >= 0.3 is 6.36 Å². The zero-order valence-electron chi connectivity index (χ0n) is 17.6. The number of anilines is 2. The second-order valence-corrected chi connectivity index (χ2v) is 7.68. The van der Waals surface area contributed by atoms with Crippen LogP contribution in [0.4, 0.5) is 24.7 Å². The van der Waals surface area contributed by atoms with E-state index in [1.165, 1.54) is 30.6 Å². The first-order chi connectivity index (χ1) is 15.9. The zero-order valence-corrected chi connectivity index (χ0v) is 17.6. The first-order valence-corrected chi connectivity index (χ1v) is 10.4. The van der Waals surface area contributed by atoms with Gasteiger partial charge in [-0.25, -0.2) is 15.0 Å². The van der Waals surface area contributed by atoms with E-state index in [4.69, 9.17) is 4.98 Å². The van der Waals surface area contributed by atoms with Crippen LogP contribution in [0, 0.1) is 17.2 Å². The van der Waals surface area contributed by atoms with Crippen LogP contribution in [0.2, 0.25) is 0 Å². The third kappa shape index (κ3) is 5.88. The molecule has 4 rings (SSSR count). The number of aromatic nitrogens is 3. The summed E-state index contributed by atoms with van der Waals surface area (Å²) in [6, 6.07) is 9.89. The third-order valence-corrected chi connectivity index (χ3v) is 5.28. The van der Waals surface area contributed by atoms with Gasteiger partial charge in [0.25, 0.3) is 0 Å². The average Bonchev–Trinajstić information content (AvgIpc) is 2.83. The number of benzene rings is 1. The molecule has 0 bridgehead atoms. The van der Waals surface area contributed by atoms with Gasteiger partial charge in [-0.05, 0) is 48.7 Å². The van der Waals surface area contributed by atoms with Crippen molar-refractivity contribution in [3.63, 3.8) is 0 Å². The van der Waals surface area contributed by atoms with Crippen molar-refractivity contribution in [3.8, 4) is 22.9 Å². The van der Waals surface area contributed by atoms with Crippen molar-refractivity contribution >= 4 is 11.5 Å². The lowest BCUT2D eigenvalue weighted by atomic mass is 9.98. The highest BCUT2D eigenvalue weighted by Gasteiger charge is 2.31. The maximum atomic E-state index is 12.3. The van der Waals surface area contributed by atoms with Crippen molar-refractivity contribution in [1.82, 2.24) is 15.0 Å². The predicted octanol–water partition coefficient (Wildman–Crippen LogP) is 4.79. The molecule has 33 heavy (non-hydrogen) atoms. The number of piperidine rings is 1. The Balaban J connectivity index is 1.53. The molecule has 1 aromatic carbocycles. The van der Waals surface area contributed by atoms with Crippen LogP contribution in [0.25, 0.3) is 11.1 Å². The molecule has 1 fully saturated rings. The normalized spacial score (nSPS) is 16.2. The summed E-state index contributed by atoms with van der Waals surface area (Å²) in [5, 5.41) is 12.5. The number of nitrogens with one attached hydrogen (secondary N) is 1. The molecule has 0 aliphatic carbocycles. The van der Waals surface area contributed by atoms with E-state index in [2.05, 4.69) is 31.0 Å². The zero-order chi connectivity index (χ0) is 23.3. The highest BCUT2D eigenvalue weighted by molar-refractivity contribution is 5.75. The minimum atomic E-state index is -4.72. The van der Waals surface area contributed by atoms with Crippen LogP contribution in [-0.2, 0) is 6.54 Å². The number of pyridine rings is 1. The van der Waals surface area contributed by atoms with E-state index in [9.17, 15) is 18.4 Å². The maximum absolute atomic E-state index is 12.3. The van der Waals surface area contributed by atoms with Crippen molar-refractivity contribution in [2.45, 2.75) is 25.7 Å². The molecule has 1 aliphatic heterocycles. The fraction of sp³-hybridized carbons (Fsp3) is 0.304. The van der Waals surface area contributed by atoms with E-state index in [1.54, 1.807) is 18.6 Å². The van der Waals surface area contributed by atoms with Gasteiger partial charge in [0.2, 0.25) is 0 Å². The van der Waals surface area contributed by atoms with Gasteiger partial charge < -0.3 is 15.0 Å². The van der Waals surface area contributed by atoms with Crippen LogP contribution in [-0.4, -0.2) is 34.4 Å². The standard InChI is InChI=1S/C23H21F3N6O/c24-23(25,26)33-20-5-3-19(4-6-20)30-10-17-8-21(18-12-28-15-29-13-18)22(31-11-17)32-7-1-2-16(9-27)14-32/h3-6,8,11-13,15-16,30H,1-2,7,10,14H2. The number of hydrogen-bond donors (Lipinski definition) is 1. The summed E-state index contributed by atoms with van der Waals surface area (Å²) in [6.45, 7) is 1.85. The van der Waals surface area contributed by atoms with Gasteiger partial charge in [-0.2, -0.15) is 5.26 Å². The number of ether oxygens (including phenoxy) is 1. The summed E-state index contributed by atoms with van der Waals surface area (Å²) in [6.07, 6.45) is 3.73. The Morgan fingerprint density at radius 3 is 2.61 bits per heavy atom. The first kappa shape index (κ1) is 22.3. The number of nitriles is 1. The highest BCUT2D eigenvalue weighted by Crippen LogP contribution is 2.32. The van der Waals surface area contributed by atoms with E-state index < -0.39 is 6.36 Å². The van der Waals surface area contributed by atoms with Crippen LogP contribution in [0.3, 0.4) is 0 Å². The van der Waals surface area contributed by atoms with Crippen LogP contribution in [0.15, 0.2) is 55.2 Å². The Morgan fingerprint density at radius 1 is 1.15 bits per heavy atom. The SMILES string of the molecule is N#CC1CCCN(c2ncc(CNc3ccc(OC(F)(F)F)cc3)cc2-c2cncnc2)C1. The van der Waals surface area contributed by atoms with Gasteiger partial charge in [-0.3, -0.25) is 0 Å². The summed E-state index contributed by atoms with van der Waals surface area (Å²) >= 11 is 0. The van der Waals surface area contributed by atoms with Crippen LogP contribution in [0.5, 0.6) is 5.75 Å². The number of halogens is 3. The molecule has 3 aromatic rings. The number of rotatable bonds is 6. The van der Waals surface area contributed by atoms with Gasteiger partial charge in [0.1, 0.15) is 17.9 Å². The largest absolute Gasteiger partial charge is 0.573 e. The third-order valence-electron chi connectivity index (χ3n) is 5.28. The van der Waals surface area contributed by atoms with Crippen LogP contribution >= 0.6 is 0 Å². The molecule has 0 spiro atoms. The van der Waals surface area contributed by atoms with E-state index in [1.807, 2.05) is 6.07 Å². The van der Waals surface area contributed by atoms with Gasteiger partial charge in [-0.1, -0.05) is 0 Å². The summed E-state index contributed by atoms with van der Waals surface area (Å²) < 4.78 is 40.9. The fourth-order valence-electron chi connectivity index (χ4n) is 3.75. The molecule has 2 aromatic heterocycles. The lowest BCUT2D eigenvalue weighted by Gasteiger charge is -2.32. The monoisotopic (exact) mass is 454 g/mol. The Kier molecular flexibility index (Phi) is 6.58. The predicted molar refractivity (Wildman–Crippen MR) is 116 cm³/mol. The molecule has 1 N–H and O–H groups in total. The van der Waals surface area contributed by atoms with E-state index >= 15 is 0 Å². The van der Waals surface area contributed by atoms with E-state index in [0.29, 0.717) is 18.8 Å². The second-order valence-electron chi connectivity index (χ2n) is 7.68. The maximum Gasteiger partial charge on any atom is 0.573 e. The lowest BCUT2D eigenvalue weighted by Crippen LogP contribution is -2.35. The Labute approximate surface area is 188 Å². The van der Waals surface area contributed by atoms with E-state index in [0.717, 1.165) is 41.9 Å².